The molecule has 0 aromatic rings. The van der Waals surface area contributed by atoms with Crippen molar-refractivity contribution in [3.8, 4) is 0 Å². The highest BCUT2D eigenvalue weighted by Crippen LogP contribution is 2.59. The molecule has 4 fully saturated rings. The zero-order valence-corrected chi connectivity index (χ0v) is 34.2. The van der Waals surface area contributed by atoms with Crippen molar-refractivity contribution in [2.24, 2.45) is 29.1 Å². The van der Waals surface area contributed by atoms with E-state index in [0.717, 1.165) is 25.7 Å². The van der Waals surface area contributed by atoms with E-state index >= 15 is 0 Å². The average molecular weight is 673 g/mol. The molecule has 0 N–H and O–H groups in total. The smallest absolute Gasteiger partial charge is 0.308 e. The number of esters is 1. The summed E-state index contributed by atoms with van der Waals surface area (Å²) in [5.74, 6) is 1.59. The van der Waals surface area contributed by atoms with Gasteiger partial charge in [-0.3, -0.25) is 4.79 Å². The third kappa shape index (κ3) is 8.90. The fraction of sp³-hybridized carbons (Fsp3) is 0.875. The van der Waals surface area contributed by atoms with E-state index in [1.807, 2.05) is 0 Å². The summed E-state index contributed by atoms with van der Waals surface area (Å²) in [7, 11) is -3.80. The fourth-order valence-electron chi connectivity index (χ4n) is 8.81. The minimum absolute atomic E-state index is 0.0175. The summed E-state index contributed by atoms with van der Waals surface area (Å²) in [5, 5.41) is 0.383. The van der Waals surface area contributed by atoms with Gasteiger partial charge in [-0.05, 0) is 124 Å². The number of allylic oxidation sites excluding steroid dienone is 3. The van der Waals surface area contributed by atoms with Crippen LogP contribution in [-0.2, 0) is 18.4 Å². The maximum Gasteiger partial charge on any atom is 0.308 e. The van der Waals surface area contributed by atoms with Gasteiger partial charge in [0.2, 0.25) is 0 Å². The summed E-state index contributed by atoms with van der Waals surface area (Å²) >= 11 is 0. The molecule has 6 atom stereocenters. The maximum atomic E-state index is 13.3. The molecule has 0 unspecified atom stereocenters. The fourth-order valence-corrected chi connectivity index (χ4v) is 11.5. The van der Waals surface area contributed by atoms with Crippen LogP contribution < -0.4 is 0 Å². The Balaban J connectivity index is 1.49. The number of fused-ring (bicyclic) bond motifs is 1. The minimum atomic E-state index is -1.90. The summed E-state index contributed by atoms with van der Waals surface area (Å²) in [6.45, 7) is 28.9. The molecule has 264 valence electrons. The highest BCUT2D eigenvalue weighted by Gasteiger charge is 2.52. The molecule has 0 saturated heterocycles. The summed E-state index contributed by atoms with van der Waals surface area (Å²) < 4.78 is 20.1. The Kier molecular flexibility index (Phi) is 12.1. The molecule has 6 heteroatoms. The van der Waals surface area contributed by atoms with E-state index in [1.165, 1.54) is 63.4 Å². The summed E-state index contributed by atoms with van der Waals surface area (Å²) in [4.78, 5) is 13.3. The number of hydrogen-bond acceptors (Lipinski definition) is 4. The maximum absolute atomic E-state index is 13.3. The first-order valence-corrected chi connectivity index (χ1v) is 25.0. The van der Waals surface area contributed by atoms with Crippen LogP contribution in [0.4, 0.5) is 0 Å². The number of rotatable bonds is 9. The lowest BCUT2D eigenvalue weighted by Crippen LogP contribution is -2.48. The van der Waals surface area contributed by atoms with Crippen LogP contribution in [0.15, 0.2) is 23.3 Å². The standard InChI is InChI=1S/C40H72O4Si2/c1-29(37(41)42-28-30-17-14-13-15-18-30)35-22-23-36-32(19-16-24-40(35,36)8)21-20-31-25-33(43-45(9,10)38(2,3)4)27-34(26-31)44-46(11,12)39(5,6)7/h20-21,29-30,33-36H,13-19,22-28H2,1-12H3/t29-,33+,34+,35+,36-,40+/m0/s1. The van der Waals surface area contributed by atoms with Gasteiger partial charge in [0, 0.05) is 0 Å². The highest BCUT2D eigenvalue weighted by molar-refractivity contribution is 6.74. The largest absolute Gasteiger partial charge is 0.465 e. The molecular formula is C40H72O4Si2. The molecule has 0 aliphatic heterocycles. The van der Waals surface area contributed by atoms with Crippen LogP contribution in [0, 0.1) is 29.1 Å². The average Bonchev–Trinajstić information content (AvgIpc) is 3.30. The van der Waals surface area contributed by atoms with Gasteiger partial charge in [-0.1, -0.05) is 98.0 Å². The van der Waals surface area contributed by atoms with E-state index in [9.17, 15) is 4.79 Å². The Morgan fingerprint density at radius 1 is 0.848 bits per heavy atom. The lowest BCUT2D eigenvalue weighted by molar-refractivity contribution is -0.153. The van der Waals surface area contributed by atoms with Gasteiger partial charge in [0.1, 0.15) is 0 Å². The van der Waals surface area contributed by atoms with E-state index < -0.39 is 16.6 Å². The first-order chi connectivity index (χ1) is 21.2. The van der Waals surface area contributed by atoms with Crippen LogP contribution >= 0.6 is 0 Å². The Hall–Kier alpha value is -0.696. The minimum Gasteiger partial charge on any atom is -0.465 e. The van der Waals surface area contributed by atoms with Crippen LogP contribution in [0.3, 0.4) is 0 Å². The van der Waals surface area contributed by atoms with E-state index in [4.69, 9.17) is 13.6 Å². The van der Waals surface area contributed by atoms with Gasteiger partial charge >= 0.3 is 5.97 Å². The molecule has 4 rings (SSSR count). The van der Waals surface area contributed by atoms with Gasteiger partial charge < -0.3 is 13.6 Å². The molecular weight excluding hydrogens is 601 g/mol. The van der Waals surface area contributed by atoms with Crippen LogP contribution in [0.5, 0.6) is 0 Å². The Morgan fingerprint density at radius 3 is 1.96 bits per heavy atom. The van der Waals surface area contributed by atoms with Crippen LogP contribution in [0.2, 0.25) is 36.3 Å². The highest BCUT2D eigenvalue weighted by atomic mass is 28.4. The van der Waals surface area contributed by atoms with Gasteiger partial charge in [-0.2, -0.15) is 0 Å². The van der Waals surface area contributed by atoms with E-state index in [-0.39, 0.29) is 39.6 Å². The molecule has 0 bridgehead atoms. The van der Waals surface area contributed by atoms with Crippen LogP contribution in [0.1, 0.15) is 139 Å². The SMILES string of the molecule is C[C@H](C(=O)OCC1CCCCC1)[C@H]1CC[C@H]2C(=CC=C3C[C@@H](O[Si](C)(C)C(C)(C)C)C[C@H](O[Si](C)(C)C(C)(C)C)C3)CCC[C@]12C. The number of carbonyl (C=O) groups excluding carboxylic acids is 1. The second-order valence-electron chi connectivity index (χ2n) is 19.2. The van der Waals surface area contributed by atoms with Crippen molar-refractivity contribution in [3.63, 3.8) is 0 Å². The van der Waals surface area contributed by atoms with E-state index in [0.29, 0.717) is 24.4 Å². The predicted molar refractivity (Wildman–Crippen MR) is 199 cm³/mol. The topological polar surface area (TPSA) is 44.8 Å². The van der Waals surface area contributed by atoms with Gasteiger partial charge in [0.05, 0.1) is 24.7 Å². The summed E-state index contributed by atoms with van der Waals surface area (Å²) in [6.07, 6.45) is 20.8. The first kappa shape index (κ1) is 38.1. The third-order valence-electron chi connectivity index (χ3n) is 13.8. The lowest BCUT2D eigenvalue weighted by atomic mass is 9.61. The number of hydrogen-bond donors (Lipinski definition) is 0. The quantitative estimate of drug-likeness (QED) is 0.181. The van der Waals surface area contributed by atoms with Gasteiger partial charge in [-0.25, -0.2) is 0 Å². The molecule has 0 spiro atoms. The second kappa shape index (κ2) is 14.7. The van der Waals surface area contributed by atoms with E-state index in [1.54, 1.807) is 5.57 Å². The Bertz CT molecular complexity index is 1070. The number of ether oxygens (including phenoxy) is 1. The third-order valence-corrected chi connectivity index (χ3v) is 22.8. The van der Waals surface area contributed by atoms with Gasteiger partial charge in [0.15, 0.2) is 16.6 Å². The molecule has 0 aromatic heterocycles. The van der Waals surface area contributed by atoms with Crippen molar-refractivity contribution in [2.75, 3.05) is 6.61 Å². The van der Waals surface area contributed by atoms with Crippen molar-refractivity contribution in [1.29, 1.82) is 0 Å². The first-order valence-electron chi connectivity index (χ1n) is 19.1. The summed E-state index contributed by atoms with van der Waals surface area (Å²) in [6, 6.07) is 0. The molecule has 46 heavy (non-hydrogen) atoms. The van der Waals surface area contributed by atoms with Crippen molar-refractivity contribution < 1.29 is 18.4 Å². The predicted octanol–water partition coefficient (Wildman–Crippen LogP) is 11.8. The zero-order valence-electron chi connectivity index (χ0n) is 32.2. The molecule has 0 amide bonds. The summed E-state index contributed by atoms with van der Waals surface area (Å²) in [5.41, 5.74) is 3.29. The molecule has 4 aliphatic carbocycles. The molecule has 4 nitrogen and oxygen atoms in total. The molecule has 4 aliphatic rings. The second-order valence-corrected chi connectivity index (χ2v) is 28.7. The lowest BCUT2D eigenvalue weighted by Gasteiger charge is -2.45. The Labute approximate surface area is 286 Å². The van der Waals surface area contributed by atoms with Crippen molar-refractivity contribution in [1.82, 2.24) is 0 Å². The van der Waals surface area contributed by atoms with Crippen LogP contribution in [-0.4, -0.2) is 41.4 Å². The van der Waals surface area contributed by atoms with Gasteiger partial charge in [0.25, 0.3) is 0 Å². The van der Waals surface area contributed by atoms with E-state index in [2.05, 4.69) is 93.7 Å². The molecule has 0 radical (unpaired) electrons. The van der Waals surface area contributed by atoms with Crippen molar-refractivity contribution in [2.45, 2.75) is 187 Å². The molecule has 4 saturated carbocycles. The van der Waals surface area contributed by atoms with Crippen molar-refractivity contribution in [3.05, 3.63) is 23.3 Å². The number of carbonyl (C=O) groups is 1. The van der Waals surface area contributed by atoms with Gasteiger partial charge in [-0.15, -0.1) is 0 Å². The molecule has 0 aromatic carbocycles. The van der Waals surface area contributed by atoms with Crippen molar-refractivity contribution >= 4 is 22.6 Å². The zero-order chi connectivity index (χ0) is 34.1. The van der Waals surface area contributed by atoms with Crippen LogP contribution in [0.25, 0.3) is 0 Å². The Morgan fingerprint density at radius 2 is 1.41 bits per heavy atom. The molecule has 0 heterocycles. The normalized spacial score (nSPS) is 31.9. The monoisotopic (exact) mass is 672 g/mol.